The second-order valence-corrected chi connectivity index (χ2v) is 6.77. The fourth-order valence-corrected chi connectivity index (χ4v) is 3.22. The summed E-state index contributed by atoms with van der Waals surface area (Å²) in [6.45, 7) is 1.86. The van der Waals surface area contributed by atoms with Crippen molar-refractivity contribution in [1.29, 1.82) is 0 Å². The predicted molar refractivity (Wildman–Crippen MR) is 90.0 cm³/mol. The molecule has 0 spiro atoms. The van der Waals surface area contributed by atoms with Crippen LogP contribution in [0.15, 0.2) is 52.5 Å². The zero-order valence-corrected chi connectivity index (χ0v) is 14.0. The number of benzene rings is 1. The molecule has 5 N–H and O–H groups in total. The van der Waals surface area contributed by atoms with Gasteiger partial charge in [-0.25, -0.2) is 4.57 Å². The number of aromatic hydroxyl groups is 1. The van der Waals surface area contributed by atoms with E-state index in [-0.39, 0.29) is 35.1 Å². The lowest BCUT2D eigenvalue weighted by atomic mass is 9.83. The number of aliphatic hydroxyl groups is 2. The summed E-state index contributed by atoms with van der Waals surface area (Å²) in [6.07, 6.45) is 2.08. The van der Waals surface area contributed by atoms with Gasteiger partial charge in [0.2, 0.25) is 0 Å². The highest BCUT2D eigenvalue weighted by Gasteiger charge is 2.29. The molecule has 1 aromatic rings. The third-order valence-electron chi connectivity index (χ3n) is 3.85. The Balaban J connectivity index is 2.40. The highest BCUT2D eigenvalue weighted by atomic mass is 31.2. The minimum absolute atomic E-state index is 0.0197. The predicted octanol–water partition coefficient (Wildman–Crippen LogP) is 2.55. The summed E-state index contributed by atoms with van der Waals surface area (Å²) >= 11 is 0. The van der Waals surface area contributed by atoms with Gasteiger partial charge in [0, 0.05) is 17.9 Å². The zero-order chi connectivity index (χ0) is 17.9. The van der Waals surface area contributed by atoms with Crippen molar-refractivity contribution in [1.82, 2.24) is 0 Å². The summed E-state index contributed by atoms with van der Waals surface area (Å²) in [4.78, 5) is 18.2. The molecule has 0 radical (unpaired) electrons. The largest absolute Gasteiger partial charge is 0.508 e. The summed E-state index contributed by atoms with van der Waals surface area (Å²) in [5, 5.41) is 29.8. The molecule has 0 saturated carbocycles. The molecular formula is C16H20NO6P. The Labute approximate surface area is 139 Å². The molecule has 0 saturated heterocycles. The molecule has 2 rings (SSSR count). The van der Waals surface area contributed by atoms with Crippen molar-refractivity contribution in [2.45, 2.75) is 31.8 Å². The number of allylic oxidation sites excluding steroid dienone is 2. The topological polar surface area (TPSA) is 131 Å². The van der Waals surface area contributed by atoms with Gasteiger partial charge in [-0.05, 0) is 36.3 Å². The number of nitrogens with zero attached hydrogens (tertiary/aromatic N) is 1. The lowest BCUT2D eigenvalue weighted by molar-refractivity contribution is 0.180. The molecule has 7 nitrogen and oxygen atoms in total. The van der Waals surface area contributed by atoms with Gasteiger partial charge in [-0.15, -0.1) is 0 Å². The van der Waals surface area contributed by atoms with E-state index in [0.29, 0.717) is 6.42 Å². The number of rotatable bonds is 5. The smallest absolute Gasteiger partial charge is 0.448 e. The first kappa shape index (κ1) is 18.4. The van der Waals surface area contributed by atoms with Crippen LogP contribution in [0.25, 0.3) is 0 Å². The highest BCUT2D eigenvalue weighted by Crippen LogP contribution is 2.39. The van der Waals surface area contributed by atoms with E-state index in [9.17, 15) is 19.9 Å². The number of hydrogen-bond donors (Lipinski definition) is 5. The zero-order valence-electron chi connectivity index (χ0n) is 13.1. The van der Waals surface area contributed by atoms with Crippen LogP contribution in [0.4, 0.5) is 0 Å². The van der Waals surface area contributed by atoms with Crippen LogP contribution < -0.4 is 0 Å². The summed E-state index contributed by atoms with van der Waals surface area (Å²) in [5.74, 6) is -0.372. The fourth-order valence-electron chi connectivity index (χ4n) is 2.71. The second-order valence-electron chi connectivity index (χ2n) is 5.54. The van der Waals surface area contributed by atoms with Crippen molar-refractivity contribution < 1.29 is 29.7 Å². The molecule has 1 aliphatic rings. The number of phenolic OH excluding ortho intramolecular Hbond substituents is 1. The minimum atomic E-state index is -4.66. The van der Waals surface area contributed by atoms with Gasteiger partial charge in [0.25, 0.3) is 0 Å². The molecule has 130 valence electrons. The van der Waals surface area contributed by atoms with Crippen molar-refractivity contribution in [2.24, 2.45) is 4.76 Å². The molecule has 8 heteroatoms. The lowest BCUT2D eigenvalue weighted by Gasteiger charge is -2.27. The van der Waals surface area contributed by atoms with E-state index in [1.165, 1.54) is 24.3 Å². The SMILES string of the molecule is CCC(c1ccc(O)cc1)C(O)C1=CC(O)=CCC1=NP(=O)(O)O. The highest BCUT2D eigenvalue weighted by molar-refractivity contribution is 7.50. The fraction of sp³-hybridized carbons (Fsp3) is 0.312. The van der Waals surface area contributed by atoms with Gasteiger partial charge in [-0.2, -0.15) is 4.76 Å². The van der Waals surface area contributed by atoms with E-state index in [4.69, 9.17) is 9.79 Å². The Hall–Kier alpha value is -1.92. The third kappa shape index (κ3) is 4.55. The Bertz CT molecular complexity index is 731. The van der Waals surface area contributed by atoms with E-state index in [1.807, 2.05) is 6.92 Å². The van der Waals surface area contributed by atoms with Crippen LogP contribution in [0, 0.1) is 0 Å². The standard InChI is InChI=1S/C16H20NO6P/c1-2-13(10-3-5-11(18)6-4-10)16(20)14-9-12(19)7-8-15(14)17-24(21,22)23/h3-7,9,13,16,18-20H,2,8H2,1H3,(H2,21,22,23). The van der Waals surface area contributed by atoms with E-state index in [2.05, 4.69) is 4.76 Å². The van der Waals surface area contributed by atoms with E-state index in [1.54, 1.807) is 12.1 Å². The Morgan fingerprint density at radius 2 is 1.83 bits per heavy atom. The van der Waals surface area contributed by atoms with Crippen molar-refractivity contribution in [2.75, 3.05) is 0 Å². The van der Waals surface area contributed by atoms with Crippen LogP contribution in [0.3, 0.4) is 0 Å². The minimum Gasteiger partial charge on any atom is -0.508 e. The number of aliphatic hydroxyl groups excluding tert-OH is 2. The van der Waals surface area contributed by atoms with Crippen LogP contribution in [0.1, 0.15) is 31.2 Å². The first-order valence-electron chi connectivity index (χ1n) is 7.44. The second kappa shape index (κ2) is 7.32. The molecule has 0 heterocycles. The van der Waals surface area contributed by atoms with Gasteiger partial charge >= 0.3 is 7.75 Å². The van der Waals surface area contributed by atoms with Gasteiger partial charge in [0.1, 0.15) is 11.5 Å². The molecule has 0 aliphatic heterocycles. The molecular weight excluding hydrogens is 333 g/mol. The van der Waals surface area contributed by atoms with Crippen molar-refractivity contribution in [3.63, 3.8) is 0 Å². The van der Waals surface area contributed by atoms with Gasteiger partial charge in [-0.3, -0.25) is 0 Å². The molecule has 0 aromatic heterocycles. The van der Waals surface area contributed by atoms with Gasteiger partial charge < -0.3 is 25.1 Å². The van der Waals surface area contributed by atoms with Gasteiger partial charge in [0.05, 0.1) is 11.8 Å². The average Bonchev–Trinajstić information content (AvgIpc) is 2.50. The van der Waals surface area contributed by atoms with E-state index < -0.39 is 13.9 Å². The van der Waals surface area contributed by atoms with E-state index in [0.717, 1.165) is 5.56 Å². The van der Waals surface area contributed by atoms with Crippen LogP contribution in [0.2, 0.25) is 0 Å². The first-order valence-corrected chi connectivity index (χ1v) is 9.00. The molecule has 2 unspecified atom stereocenters. The Kier molecular flexibility index (Phi) is 5.62. The Morgan fingerprint density at radius 1 is 1.21 bits per heavy atom. The van der Waals surface area contributed by atoms with Crippen LogP contribution >= 0.6 is 7.75 Å². The average molecular weight is 353 g/mol. The third-order valence-corrected chi connectivity index (χ3v) is 4.35. The first-order chi connectivity index (χ1) is 11.2. The van der Waals surface area contributed by atoms with Crippen LogP contribution in [0.5, 0.6) is 5.75 Å². The normalized spacial score (nSPS) is 19.6. The summed E-state index contributed by atoms with van der Waals surface area (Å²) < 4.78 is 14.6. The lowest BCUT2D eigenvalue weighted by Crippen LogP contribution is -2.26. The molecule has 1 aliphatic carbocycles. The molecule has 0 bridgehead atoms. The van der Waals surface area contributed by atoms with Crippen molar-refractivity contribution in [3.8, 4) is 5.75 Å². The molecule has 1 aromatic carbocycles. The van der Waals surface area contributed by atoms with Crippen molar-refractivity contribution in [3.05, 3.63) is 53.3 Å². The maximum absolute atomic E-state index is 11.2. The molecule has 0 amide bonds. The molecule has 2 atom stereocenters. The van der Waals surface area contributed by atoms with Gasteiger partial charge in [-0.1, -0.05) is 19.1 Å². The molecule has 0 fully saturated rings. The molecule has 24 heavy (non-hydrogen) atoms. The Morgan fingerprint density at radius 3 is 2.38 bits per heavy atom. The quantitative estimate of drug-likeness (QED) is 0.517. The summed E-state index contributed by atoms with van der Waals surface area (Å²) in [7, 11) is -4.66. The summed E-state index contributed by atoms with van der Waals surface area (Å²) in [6, 6.07) is 6.35. The number of phenols is 1. The summed E-state index contributed by atoms with van der Waals surface area (Å²) in [5.41, 5.74) is 0.984. The van der Waals surface area contributed by atoms with Crippen LogP contribution in [-0.4, -0.2) is 36.9 Å². The van der Waals surface area contributed by atoms with E-state index >= 15 is 0 Å². The monoisotopic (exact) mass is 353 g/mol. The number of hydrogen-bond acceptors (Lipinski definition) is 4. The maximum Gasteiger partial charge on any atom is 0.448 e. The van der Waals surface area contributed by atoms with Gasteiger partial charge in [0.15, 0.2) is 0 Å². The van der Waals surface area contributed by atoms with Crippen LogP contribution in [-0.2, 0) is 4.57 Å². The maximum atomic E-state index is 11.2. The van der Waals surface area contributed by atoms with Crippen molar-refractivity contribution >= 4 is 13.5 Å².